The van der Waals surface area contributed by atoms with Gasteiger partial charge in [-0.15, -0.1) is 0 Å². The molecule has 110 valence electrons. The molecule has 0 aromatic rings. The normalized spacial score (nSPS) is 34.1. The number of carbonyl (C=O) groups excluding carboxylic acids is 1. The lowest BCUT2D eigenvalue weighted by atomic mass is 9.78. The Labute approximate surface area is 115 Å². The Morgan fingerprint density at radius 3 is 2.58 bits per heavy atom. The zero-order valence-electron chi connectivity index (χ0n) is 11.3. The Bertz CT molecular complexity index is 422. The van der Waals surface area contributed by atoms with Crippen molar-refractivity contribution in [3.05, 3.63) is 0 Å². The first-order valence-electron chi connectivity index (χ1n) is 7.20. The van der Waals surface area contributed by atoms with Crippen LogP contribution in [0.3, 0.4) is 0 Å². The summed E-state index contributed by atoms with van der Waals surface area (Å²) >= 11 is 0. The van der Waals surface area contributed by atoms with E-state index in [1.54, 1.807) is 0 Å². The van der Waals surface area contributed by atoms with E-state index in [2.05, 4.69) is 5.32 Å². The van der Waals surface area contributed by atoms with Gasteiger partial charge in [0.15, 0.2) is 9.84 Å². The van der Waals surface area contributed by atoms with E-state index >= 15 is 0 Å². The third-order valence-electron chi connectivity index (χ3n) is 4.44. The molecule has 1 aliphatic carbocycles. The lowest BCUT2D eigenvalue weighted by Gasteiger charge is -2.29. The van der Waals surface area contributed by atoms with Gasteiger partial charge in [0, 0.05) is 12.5 Å². The molecule has 0 radical (unpaired) electrons. The summed E-state index contributed by atoms with van der Waals surface area (Å²) in [6.45, 7) is 1.06. The van der Waals surface area contributed by atoms with Crippen molar-refractivity contribution < 1.29 is 13.2 Å². The van der Waals surface area contributed by atoms with E-state index in [9.17, 15) is 13.2 Å². The number of nitrogens with one attached hydrogen (secondary N) is 1. The molecule has 6 heteroatoms. The van der Waals surface area contributed by atoms with Crippen LogP contribution in [0.15, 0.2) is 0 Å². The van der Waals surface area contributed by atoms with Crippen molar-refractivity contribution in [3.8, 4) is 0 Å². The number of hydrogen-bond donors (Lipinski definition) is 2. The maximum atomic E-state index is 12.2. The van der Waals surface area contributed by atoms with Crippen LogP contribution in [0.4, 0.5) is 0 Å². The van der Waals surface area contributed by atoms with Crippen LogP contribution >= 0.6 is 0 Å². The summed E-state index contributed by atoms with van der Waals surface area (Å²) in [5.41, 5.74) is 5.73. The van der Waals surface area contributed by atoms with Crippen molar-refractivity contribution in [1.82, 2.24) is 5.32 Å². The molecule has 1 heterocycles. The summed E-state index contributed by atoms with van der Waals surface area (Å²) in [5, 5.41) is 2.94. The molecule has 0 aromatic carbocycles. The van der Waals surface area contributed by atoms with Crippen LogP contribution in [-0.4, -0.2) is 38.9 Å². The lowest BCUT2D eigenvalue weighted by Crippen LogP contribution is -2.41. The monoisotopic (exact) mass is 288 g/mol. The summed E-state index contributed by atoms with van der Waals surface area (Å²) in [4.78, 5) is 12.2. The SMILES string of the molecule is NCC1CCCCC1C(=O)NCC1CCS(=O)(=O)C1. The lowest BCUT2D eigenvalue weighted by molar-refractivity contribution is -0.127. The van der Waals surface area contributed by atoms with Crippen molar-refractivity contribution in [1.29, 1.82) is 0 Å². The van der Waals surface area contributed by atoms with Crippen LogP contribution in [-0.2, 0) is 14.6 Å². The summed E-state index contributed by atoms with van der Waals surface area (Å²) in [6, 6.07) is 0. The number of carbonyl (C=O) groups is 1. The molecule has 3 N–H and O–H groups in total. The van der Waals surface area contributed by atoms with Gasteiger partial charge in [0.1, 0.15) is 0 Å². The largest absolute Gasteiger partial charge is 0.356 e. The first kappa shape index (κ1) is 14.8. The number of sulfone groups is 1. The van der Waals surface area contributed by atoms with Crippen molar-refractivity contribution in [3.63, 3.8) is 0 Å². The molecule has 1 saturated carbocycles. The van der Waals surface area contributed by atoms with Gasteiger partial charge in [-0.1, -0.05) is 12.8 Å². The summed E-state index contributed by atoms with van der Waals surface area (Å²) in [6.07, 6.45) is 4.87. The van der Waals surface area contributed by atoms with Gasteiger partial charge in [-0.2, -0.15) is 0 Å². The van der Waals surface area contributed by atoms with Crippen molar-refractivity contribution in [2.45, 2.75) is 32.1 Å². The van der Waals surface area contributed by atoms with E-state index in [0.717, 1.165) is 25.7 Å². The minimum absolute atomic E-state index is 0.0248. The molecule has 2 aliphatic rings. The Balaban J connectivity index is 1.80. The zero-order valence-corrected chi connectivity index (χ0v) is 12.1. The molecule has 3 atom stereocenters. The van der Waals surface area contributed by atoms with Gasteiger partial charge in [0.2, 0.25) is 5.91 Å². The van der Waals surface area contributed by atoms with Gasteiger partial charge in [0.25, 0.3) is 0 Å². The van der Waals surface area contributed by atoms with E-state index < -0.39 is 9.84 Å². The van der Waals surface area contributed by atoms with E-state index in [4.69, 9.17) is 5.73 Å². The van der Waals surface area contributed by atoms with Crippen LogP contribution in [0.5, 0.6) is 0 Å². The highest BCUT2D eigenvalue weighted by atomic mass is 32.2. The van der Waals surface area contributed by atoms with E-state index in [-0.39, 0.29) is 29.2 Å². The molecular weight excluding hydrogens is 264 g/mol. The minimum Gasteiger partial charge on any atom is -0.356 e. The van der Waals surface area contributed by atoms with Gasteiger partial charge in [-0.05, 0) is 37.6 Å². The predicted molar refractivity (Wildman–Crippen MR) is 74.3 cm³/mol. The number of nitrogens with two attached hydrogens (primary N) is 1. The molecule has 1 saturated heterocycles. The smallest absolute Gasteiger partial charge is 0.223 e. The maximum Gasteiger partial charge on any atom is 0.223 e. The molecule has 1 aliphatic heterocycles. The van der Waals surface area contributed by atoms with Crippen molar-refractivity contribution in [2.75, 3.05) is 24.6 Å². The molecule has 0 spiro atoms. The predicted octanol–water partition coefficient (Wildman–Crippen LogP) is 0.302. The Morgan fingerprint density at radius 1 is 1.21 bits per heavy atom. The molecular formula is C13H24N2O3S. The second kappa shape index (κ2) is 6.22. The maximum absolute atomic E-state index is 12.2. The molecule has 2 fully saturated rings. The fourth-order valence-corrected chi connectivity index (χ4v) is 5.11. The average molecular weight is 288 g/mol. The minimum atomic E-state index is -2.85. The topological polar surface area (TPSA) is 89.3 Å². The molecule has 2 rings (SSSR count). The number of hydrogen-bond acceptors (Lipinski definition) is 4. The average Bonchev–Trinajstić information content (AvgIpc) is 2.75. The van der Waals surface area contributed by atoms with Gasteiger partial charge in [0.05, 0.1) is 11.5 Å². The van der Waals surface area contributed by atoms with E-state index in [1.807, 2.05) is 0 Å². The fourth-order valence-electron chi connectivity index (χ4n) is 3.24. The molecule has 19 heavy (non-hydrogen) atoms. The first-order valence-corrected chi connectivity index (χ1v) is 9.02. The van der Waals surface area contributed by atoms with Crippen molar-refractivity contribution in [2.24, 2.45) is 23.5 Å². The highest BCUT2D eigenvalue weighted by Gasteiger charge is 2.32. The molecule has 0 aromatic heterocycles. The fraction of sp³-hybridized carbons (Fsp3) is 0.923. The highest BCUT2D eigenvalue weighted by molar-refractivity contribution is 7.91. The van der Waals surface area contributed by atoms with E-state index in [0.29, 0.717) is 25.4 Å². The number of amides is 1. The Kier molecular flexibility index (Phi) is 4.84. The molecule has 5 nitrogen and oxygen atoms in total. The third kappa shape index (κ3) is 3.92. The standard InChI is InChI=1S/C13H24N2O3S/c14-7-11-3-1-2-4-12(11)13(16)15-8-10-5-6-19(17,18)9-10/h10-12H,1-9,14H2,(H,15,16). The molecule has 0 bridgehead atoms. The Morgan fingerprint density at radius 2 is 1.95 bits per heavy atom. The highest BCUT2D eigenvalue weighted by Crippen LogP contribution is 2.29. The summed E-state index contributed by atoms with van der Waals surface area (Å²) < 4.78 is 22.7. The summed E-state index contributed by atoms with van der Waals surface area (Å²) in [7, 11) is -2.85. The van der Waals surface area contributed by atoms with Crippen LogP contribution in [0.25, 0.3) is 0 Å². The number of rotatable bonds is 4. The second-order valence-electron chi connectivity index (χ2n) is 5.90. The first-order chi connectivity index (χ1) is 9.02. The third-order valence-corrected chi connectivity index (χ3v) is 6.28. The van der Waals surface area contributed by atoms with Crippen LogP contribution < -0.4 is 11.1 Å². The second-order valence-corrected chi connectivity index (χ2v) is 8.13. The van der Waals surface area contributed by atoms with Gasteiger partial charge >= 0.3 is 0 Å². The van der Waals surface area contributed by atoms with Crippen LogP contribution in [0, 0.1) is 17.8 Å². The van der Waals surface area contributed by atoms with Crippen molar-refractivity contribution >= 4 is 15.7 Å². The molecule has 1 amide bonds. The zero-order chi connectivity index (χ0) is 13.9. The van der Waals surface area contributed by atoms with Crippen LogP contribution in [0.2, 0.25) is 0 Å². The quantitative estimate of drug-likeness (QED) is 0.779. The van der Waals surface area contributed by atoms with Gasteiger partial charge in [-0.3, -0.25) is 4.79 Å². The van der Waals surface area contributed by atoms with E-state index in [1.165, 1.54) is 0 Å². The van der Waals surface area contributed by atoms with Gasteiger partial charge in [-0.25, -0.2) is 8.42 Å². The van der Waals surface area contributed by atoms with Gasteiger partial charge < -0.3 is 11.1 Å². The summed E-state index contributed by atoms with van der Waals surface area (Å²) in [5.74, 6) is 0.965. The Hall–Kier alpha value is -0.620. The van der Waals surface area contributed by atoms with Crippen LogP contribution in [0.1, 0.15) is 32.1 Å². The molecule has 3 unspecified atom stereocenters.